The molecule has 0 aliphatic rings. The van der Waals surface area contributed by atoms with E-state index in [0.717, 1.165) is 28.4 Å². The molecule has 0 bridgehead atoms. The number of ether oxygens (including phenoxy) is 1. The van der Waals surface area contributed by atoms with Gasteiger partial charge in [-0.2, -0.15) is 0 Å². The quantitative estimate of drug-likeness (QED) is 0.452. The van der Waals surface area contributed by atoms with Gasteiger partial charge in [0.2, 0.25) is 0 Å². The largest absolute Gasteiger partial charge is 0.465 e. The lowest BCUT2D eigenvalue weighted by Crippen LogP contribution is -2.09. The molecule has 1 aromatic rings. The number of unbranched alkanes of at least 4 members (excludes halogenated alkanes) is 2. The predicted octanol–water partition coefficient (Wildman–Crippen LogP) is 3.57. The van der Waals surface area contributed by atoms with Gasteiger partial charge in [-0.1, -0.05) is 38.0 Å². The highest BCUT2D eigenvalue weighted by Gasteiger charge is 2.06. The second-order valence-corrected chi connectivity index (χ2v) is 4.86. The molecule has 1 rings (SSSR count). The van der Waals surface area contributed by atoms with Gasteiger partial charge in [-0.15, -0.1) is 0 Å². The first-order chi connectivity index (χ1) is 7.74. The van der Waals surface area contributed by atoms with Crippen molar-refractivity contribution in [1.29, 1.82) is 0 Å². The molecule has 0 spiro atoms. The number of rotatable bonds is 6. The van der Waals surface area contributed by atoms with Gasteiger partial charge in [0.25, 0.3) is 0 Å². The van der Waals surface area contributed by atoms with Crippen LogP contribution in [0.1, 0.15) is 31.7 Å². The van der Waals surface area contributed by atoms with Crippen molar-refractivity contribution in [3.05, 3.63) is 33.4 Å². The second-order valence-electron chi connectivity index (χ2n) is 3.70. The van der Waals surface area contributed by atoms with Gasteiger partial charge in [0.1, 0.15) is 0 Å². The molecule has 0 aliphatic heterocycles. The highest BCUT2D eigenvalue weighted by molar-refractivity contribution is 14.1. The molecule has 0 heterocycles. The fraction of sp³-hybridized carbons (Fsp3) is 0.462. The van der Waals surface area contributed by atoms with E-state index >= 15 is 0 Å². The van der Waals surface area contributed by atoms with Gasteiger partial charge >= 0.3 is 5.97 Å². The van der Waals surface area contributed by atoms with Gasteiger partial charge in [0, 0.05) is 3.57 Å². The molecule has 0 N–H and O–H groups in total. The molecule has 3 heteroatoms. The van der Waals surface area contributed by atoms with E-state index in [2.05, 4.69) is 29.5 Å². The van der Waals surface area contributed by atoms with E-state index in [0.29, 0.717) is 13.0 Å². The van der Waals surface area contributed by atoms with E-state index in [1.165, 1.54) is 0 Å². The fourth-order valence-corrected chi connectivity index (χ4v) is 1.96. The summed E-state index contributed by atoms with van der Waals surface area (Å²) in [7, 11) is 0. The number of carbonyl (C=O) groups is 1. The van der Waals surface area contributed by atoms with E-state index in [9.17, 15) is 4.79 Å². The average Bonchev–Trinajstić information content (AvgIpc) is 2.28. The summed E-state index contributed by atoms with van der Waals surface area (Å²) >= 11 is 2.24. The fourth-order valence-electron chi connectivity index (χ4n) is 1.39. The monoisotopic (exact) mass is 332 g/mol. The van der Waals surface area contributed by atoms with Gasteiger partial charge in [0.05, 0.1) is 13.0 Å². The smallest absolute Gasteiger partial charge is 0.310 e. The summed E-state index contributed by atoms with van der Waals surface area (Å²) in [4.78, 5) is 11.5. The predicted molar refractivity (Wildman–Crippen MR) is 73.3 cm³/mol. The first kappa shape index (κ1) is 13.5. The Morgan fingerprint density at radius 2 is 2.06 bits per heavy atom. The van der Waals surface area contributed by atoms with Gasteiger partial charge in [0.15, 0.2) is 0 Å². The average molecular weight is 332 g/mol. The van der Waals surface area contributed by atoms with Crippen molar-refractivity contribution >= 4 is 28.6 Å². The third-order valence-corrected chi connectivity index (χ3v) is 3.36. The summed E-state index contributed by atoms with van der Waals surface area (Å²) in [6, 6.07) is 7.88. The van der Waals surface area contributed by atoms with Gasteiger partial charge in [-0.25, -0.2) is 0 Å². The summed E-state index contributed by atoms with van der Waals surface area (Å²) in [6.07, 6.45) is 3.61. The zero-order valence-electron chi connectivity index (χ0n) is 9.54. The van der Waals surface area contributed by atoms with Crippen molar-refractivity contribution < 1.29 is 9.53 Å². The first-order valence-corrected chi connectivity index (χ1v) is 6.71. The van der Waals surface area contributed by atoms with E-state index in [-0.39, 0.29) is 5.97 Å². The Morgan fingerprint density at radius 1 is 1.31 bits per heavy atom. The maximum Gasteiger partial charge on any atom is 0.310 e. The number of esters is 1. The van der Waals surface area contributed by atoms with Crippen LogP contribution in [0.15, 0.2) is 24.3 Å². The lowest BCUT2D eigenvalue weighted by molar-refractivity contribution is -0.142. The molecule has 1 aromatic carbocycles. The molecule has 0 amide bonds. The molecule has 0 saturated heterocycles. The Hall–Kier alpha value is -0.580. The van der Waals surface area contributed by atoms with Crippen LogP contribution in [-0.4, -0.2) is 12.6 Å². The minimum Gasteiger partial charge on any atom is -0.465 e. The van der Waals surface area contributed by atoms with Crippen LogP contribution in [0.25, 0.3) is 0 Å². The van der Waals surface area contributed by atoms with Crippen LogP contribution in [0, 0.1) is 3.57 Å². The van der Waals surface area contributed by atoms with Crippen LogP contribution >= 0.6 is 22.6 Å². The van der Waals surface area contributed by atoms with Crippen LogP contribution in [0.5, 0.6) is 0 Å². The number of halogens is 1. The molecule has 0 radical (unpaired) electrons. The van der Waals surface area contributed by atoms with Gasteiger partial charge in [-0.3, -0.25) is 4.79 Å². The molecular formula is C13H17IO2. The molecule has 2 nitrogen and oxygen atoms in total. The minimum atomic E-state index is -0.125. The summed E-state index contributed by atoms with van der Waals surface area (Å²) in [6.45, 7) is 2.68. The molecule has 0 aliphatic carbocycles. The second kappa shape index (κ2) is 7.65. The summed E-state index contributed by atoms with van der Waals surface area (Å²) in [5.74, 6) is -0.125. The van der Waals surface area contributed by atoms with Crippen LogP contribution in [0.3, 0.4) is 0 Å². The van der Waals surface area contributed by atoms with Crippen molar-refractivity contribution in [2.24, 2.45) is 0 Å². The maximum atomic E-state index is 11.5. The SMILES string of the molecule is CCCCCOC(=O)Cc1ccccc1I. The molecule has 0 saturated carbocycles. The highest BCUT2D eigenvalue weighted by Crippen LogP contribution is 2.12. The number of hydrogen-bond donors (Lipinski definition) is 0. The van der Waals surface area contributed by atoms with Gasteiger partial charge < -0.3 is 4.74 Å². The van der Waals surface area contributed by atoms with E-state index < -0.39 is 0 Å². The van der Waals surface area contributed by atoms with Gasteiger partial charge in [-0.05, 0) is 40.6 Å². The zero-order chi connectivity index (χ0) is 11.8. The first-order valence-electron chi connectivity index (χ1n) is 5.63. The van der Waals surface area contributed by atoms with Crippen LogP contribution < -0.4 is 0 Å². The molecular weight excluding hydrogens is 315 g/mol. The summed E-state index contributed by atoms with van der Waals surface area (Å²) in [5.41, 5.74) is 1.04. The Bertz CT molecular complexity index is 336. The summed E-state index contributed by atoms with van der Waals surface area (Å²) in [5, 5.41) is 0. The van der Waals surface area contributed by atoms with Crippen molar-refractivity contribution in [2.75, 3.05) is 6.61 Å². The number of hydrogen-bond acceptors (Lipinski definition) is 2. The number of benzene rings is 1. The highest BCUT2D eigenvalue weighted by atomic mass is 127. The Labute approximate surface area is 111 Å². The topological polar surface area (TPSA) is 26.3 Å². The Balaban J connectivity index is 2.32. The summed E-state index contributed by atoms with van der Waals surface area (Å²) < 4.78 is 6.28. The molecule has 16 heavy (non-hydrogen) atoms. The number of carbonyl (C=O) groups excluding carboxylic acids is 1. The van der Waals surface area contributed by atoms with Crippen molar-refractivity contribution in [3.63, 3.8) is 0 Å². The maximum absolute atomic E-state index is 11.5. The molecule has 0 aromatic heterocycles. The Kier molecular flexibility index (Phi) is 6.45. The van der Waals surface area contributed by atoms with Crippen LogP contribution in [-0.2, 0) is 16.0 Å². The molecule has 0 fully saturated rings. The van der Waals surface area contributed by atoms with Crippen molar-refractivity contribution in [1.82, 2.24) is 0 Å². The third-order valence-electron chi connectivity index (χ3n) is 2.30. The molecule has 0 atom stereocenters. The van der Waals surface area contributed by atoms with Crippen molar-refractivity contribution in [3.8, 4) is 0 Å². The van der Waals surface area contributed by atoms with E-state index in [1.54, 1.807) is 0 Å². The van der Waals surface area contributed by atoms with E-state index in [1.807, 2.05) is 24.3 Å². The van der Waals surface area contributed by atoms with Crippen LogP contribution in [0.4, 0.5) is 0 Å². The molecule has 0 unspecified atom stereocenters. The third kappa shape index (κ3) is 4.96. The molecule has 88 valence electrons. The normalized spacial score (nSPS) is 10.1. The van der Waals surface area contributed by atoms with Crippen LogP contribution in [0.2, 0.25) is 0 Å². The Morgan fingerprint density at radius 3 is 2.75 bits per heavy atom. The lowest BCUT2D eigenvalue weighted by atomic mass is 10.1. The zero-order valence-corrected chi connectivity index (χ0v) is 11.7. The minimum absolute atomic E-state index is 0.125. The standard InChI is InChI=1S/C13H17IO2/c1-2-3-6-9-16-13(15)10-11-7-4-5-8-12(11)14/h4-5,7-8H,2-3,6,9-10H2,1H3. The van der Waals surface area contributed by atoms with Crippen molar-refractivity contribution in [2.45, 2.75) is 32.6 Å². The lowest BCUT2D eigenvalue weighted by Gasteiger charge is -2.05. The van der Waals surface area contributed by atoms with E-state index in [4.69, 9.17) is 4.74 Å².